The van der Waals surface area contributed by atoms with Crippen LogP contribution in [0.5, 0.6) is 0 Å². The highest BCUT2D eigenvalue weighted by molar-refractivity contribution is 6.28. The second-order valence-electron chi connectivity index (χ2n) is 38.2. The molecule has 0 radical (unpaired) electrons. The Morgan fingerprint density at radius 1 is 0.101 bits per heavy atom. The molecule has 0 bridgehead atoms. The molecule has 0 aliphatic rings. The Kier molecular flexibility index (Phi) is 26.1. The fourth-order valence-corrected chi connectivity index (χ4v) is 23.5. The third-order valence-electron chi connectivity index (χ3n) is 30.2. The van der Waals surface area contributed by atoms with Crippen molar-refractivity contribution in [1.29, 1.82) is 0 Å². The second kappa shape index (κ2) is 41.3. The van der Waals surface area contributed by atoms with Gasteiger partial charge in [-0.1, -0.05) is 537 Å². The van der Waals surface area contributed by atoms with E-state index in [0.717, 1.165) is 0 Å². The summed E-state index contributed by atoms with van der Waals surface area (Å²) in [6.45, 7) is 17.0. The minimum Gasteiger partial charge on any atom is -0.0683 e. The first kappa shape index (κ1) is 93.4. The van der Waals surface area contributed by atoms with E-state index in [-0.39, 0.29) is 0 Å². The minimum absolute atomic E-state index is 1.27. The van der Waals surface area contributed by atoms with Gasteiger partial charge >= 0.3 is 0 Å². The Morgan fingerprint density at radius 3 is 0.723 bits per heavy atom. The van der Waals surface area contributed by atoms with Gasteiger partial charge in [-0.25, -0.2) is 0 Å². The van der Waals surface area contributed by atoms with E-state index < -0.39 is 0 Å². The molecule has 30 rings (SSSR count). The van der Waals surface area contributed by atoms with E-state index in [4.69, 9.17) is 0 Å². The molecule has 0 nitrogen and oxygen atoms in total. The van der Waals surface area contributed by atoms with Crippen LogP contribution in [0.15, 0.2) is 534 Å². The summed E-state index contributed by atoms with van der Waals surface area (Å²) < 4.78 is 0. The van der Waals surface area contributed by atoms with Crippen LogP contribution in [-0.4, -0.2) is 0 Å². The van der Waals surface area contributed by atoms with Gasteiger partial charge in [-0.2, -0.15) is 0 Å². The number of aryl methyl sites for hydroxylation is 4. The van der Waals surface area contributed by atoms with Gasteiger partial charge in [0.25, 0.3) is 0 Å². The van der Waals surface area contributed by atoms with Crippen molar-refractivity contribution in [2.45, 2.75) is 55.4 Å². The van der Waals surface area contributed by atoms with Crippen molar-refractivity contribution in [3.05, 3.63) is 556 Å². The van der Waals surface area contributed by atoms with Gasteiger partial charge in [-0.15, -0.1) is 0 Å². The van der Waals surface area contributed by atoms with Crippen LogP contribution in [0.2, 0.25) is 0 Å². The molecule has 0 heteroatoms. The van der Waals surface area contributed by atoms with Crippen molar-refractivity contribution >= 4 is 215 Å². The summed E-state index contributed by atoms with van der Waals surface area (Å²) in [6, 6.07) is 193. The van der Waals surface area contributed by atoms with Gasteiger partial charge in [0.2, 0.25) is 0 Å². The molecule has 0 unspecified atom stereocenters. The maximum Gasteiger partial charge on any atom is -0.00202 e. The molecule has 0 saturated carbocycles. The van der Waals surface area contributed by atoms with Crippen molar-refractivity contribution < 1.29 is 0 Å². The third kappa shape index (κ3) is 17.2. The first-order chi connectivity index (χ1) is 73.2. The number of hydrogen-bond donors (Lipinski definition) is 0. The molecule has 0 aliphatic heterocycles. The standard InChI is InChI=1S/C29H20.C28H18.C25H18.C24H16.2C19H14.2C2H6/c1-19-22-12-6-7-15-25(22)29(26-16-8-11-20-9-2-4-13-23(20)26)27-18-17-21-10-3-5-14-24(21)28(19)27;1-4-12-22-19(8-1)11-7-15-25(22)28-24-14-6-3-10-21(24)18-27-23-13-5-2-9-20(23)16-17-26(27)28;1-17-20-12-7-8-14-22(20)25(19-10-3-2-4-11-19)23-16-15-18-9-5-6-13-21(18)24(17)23;1-2-9-18(10-3-1)24-21-13-7-5-11-19(21)16-23-20-12-6-4-8-17(20)14-15-22(23)24;1-13-17-8-4-3-7-15(17)12-16-11-10-14-6-2-5-9-18(14)19(13)16;1-13-16-8-4-3-7-15(16)12-19-17(13)11-10-14-6-2-5-9-18(14)19;2*1-2/h2-18H,1H3;1-18H;2-16H,1H3;1-16H;2*2-12H,1H3;2*1-2H3. The Morgan fingerprint density at radius 2 is 0.311 bits per heavy atom. The van der Waals surface area contributed by atoms with Gasteiger partial charge in [0.1, 0.15) is 0 Å². The molecule has 0 spiro atoms. The largest absolute Gasteiger partial charge is 0.0683 e. The molecule has 0 atom stereocenters. The third-order valence-corrected chi connectivity index (χ3v) is 30.2. The van der Waals surface area contributed by atoms with Crippen LogP contribution in [0.1, 0.15) is 49.9 Å². The monoisotopic (exact) mass is 1890 g/mol. The van der Waals surface area contributed by atoms with Gasteiger partial charge in [-0.05, 0) is 334 Å². The van der Waals surface area contributed by atoms with E-state index in [9.17, 15) is 0 Å². The van der Waals surface area contributed by atoms with Gasteiger partial charge in [0.05, 0.1) is 0 Å². The van der Waals surface area contributed by atoms with Gasteiger partial charge in [-0.3, -0.25) is 0 Å². The van der Waals surface area contributed by atoms with Crippen LogP contribution in [-0.2, 0) is 0 Å². The Balaban J connectivity index is 0.0000000975. The topological polar surface area (TPSA) is 0 Å². The van der Waals surface area contributed by atoms with Crippen LogP contribution in [0.3, 0.4) is 0 Å². The van der Waals surface area contributed by atoms with Gasteiger partial charge < -0.3 is 0 Å². The van der Waals surface area contributed by atoms with E-state index in [1.54, 1.807) is 0 Å². The summed E-state index contributed by atoms with van der Waals surface area (Å²) in [5.74, 6) is 0. The highest BCUT2D eigenvalue weighted by atomic mass is 14.3. The lowest BCUT2D eigenvalue weighted by molar-refractivity contribution is 1.50. The molecule has 0 saturated heterocycles. The molecule has 0 amide bonds. The predicted molar refractivity (Wildman–Crippen MR) is 652 cm³/mol. The van der Waals surface area contributed by atoms with Crippen LogP contribution in [0, 0.1) is 27.7 Å². The maximum absolute atomic E-state index is 2.35. The van der Waals surface area contributed by atoms with E-state index >= 15 is 0 Å². The molecule has 704 valence electrons. The molecule has 0 aliphatic carbocycles. The minimum atomic E-state index is 1.27. The predicted octanol–water partition coefficient (Wildman–Crippen LogP) is 43.1. The molecule has 148 heavy (non-hydrogen) atoms. The van der Waals surface area contributed by atoms with Crippen molar-refractivity contribution in [1.82, 2.24) is 0 Å². The maximum atomic E-state index is 2.35. The highest BCUT2D eigenvalue weighted by Gasteiger charge is 2.22. The zero-order valence-electron chi connectivity index (χ0n) is 84.8. The summed E-state index contributed by atoms with van der Waals surface area (Å²) in [7, 11) is 0. The number of rotatable bonds is 4. The molecule has 0 fully saturated rings. The van der Waals surface area contributed by atoms with Crippen LogP contribution < -0.4 is 0 Å². The van der Waals surface area contributed by atoms with E-state index in [1.807, 2.05) is 27.7 Å². The van der Waals surface area contributed by atoms with Crippen LogP contribution >= 0.6 is 0 Å². The molecule has 30 aromatic carbocycles. The van der Waals surface area contributed by atoms with E-state index in [2.05, 4.69) is 562 Å². The SMILES string of the molecule is CC.CC.Cc1c2ccccc2c(-c2cccc3ccccc23)c2ccc3ccccc3c12.Cc1c2ccccc2c(-c2ccccc2)c2ccc3ccccc3c12.Cc1c2ccccc2cc2c1ccc1ccccc12.Cc1c2ccccc2cc2ccc3ccccc3c12.c1ccc(-c2c3ccccc3cc3c2ccc2ccccc23)cc1.c1ccc2c(-c3c4ccccc4cc4c3ccc3ccccc34)cccc2c1. The Bertz CT molecular complexity index is 10300. The molecule has 30 aromatic rings. The van der Waals surface area contributed by atoms with Crippen molar-refractivity contribution in [2.75, 3.05) is 0 Å². The number of hydrogen-bond acceptors (Lipinski definition) is 0. The lowest BCUT2D eigenvalue weighted by Gasteiger charge is -2.18. The first-order valence-electron chi connectivity index (χ1n) is 52.2. The summed E-state index contributed by atoms with van der Waals surface area (Å²) in [5, 5.41) is 52.9. The summed E-state index contributed by atoms with van der Waals surface area (Å²) in [6.07, 6.45) is 0. The number of benzene rings is 30. The van der Waals surface area contributed by atoms with Crippen LogP contribution in [0.4, 0.5) is 0 Å². The van der Waals surface area contributed by atoms with Crippen molar-refractivity contribution in [3.63, 3.8) is 0 Å². The molecular weight excluding hydrogens is 1780 g/mol. The van der Waals surface area contributed by atoms with E-state index in [1.165, 1.54) is 282 Å². The summed E-state index contributed by atoms with van der Waals surface area (Å²) in [5.41, 5.74) is 16.0. The van der Waals surface area contributed by atoms with E-state index in [0.29, 0.717) is 0 Å². The van der Waals surface area contributed by atoms with Gasteiger partial charge in [0.15, 0.2) is 0 Å². The first-order valence-corrected chi connectivity index (χ1v) is 52.2. The molecule has 0 aromatic heterocycles. The smallest absolute Gasteiger partial charge is 0.00202 e. The molecule has 0 heterocycles. The lowest BCUT2D eigenvalue weighted by atomic mass is 9.85. The van der Waals surface area contributed by atoms with Crippen molar-refractivity contribution in [3.8, 4) is 44.5 Å². The molecule has 0 N–H and O–H groups in total. The van der Waals surface area contributed by atoms with Gasteiger partial charge in [0, 0.05) is 0 Å². The van der Waals surface area contributed by atoms with Crippen molar-refractivity contribution in [2.24, 2.45) is 0 Å². The number of fused-ring (bicyclic) bond motifs is 26. The average molecular weight is 1890 g/mol. The lowest BCUT2D eigenvalue weighted by Crippen LogP contribution is -1.91. The summed E-state index contributed by atoms with van der Waals surface area (Å²) in [4.78, 5) is 0. The van der Waals surface area contributed by atoms with Crippen LogP contribution in [0.25, 0.3) is 260 Å². The Labute approximate surface area is 865 Å². The quantitative estimate of drug-likeness (QED) is 0.122. The second-order valence-corrected chi connectivity index (χ2v) is 38.2. The molecular formula is C148H112. The fraction of sp³-hybridized carbons (Fsp3) is 0.0541. The Hall–Kier alpha value is -18.2. The summed E-state index contributed by atoms with van der Waals surface area (Å²) >= 11 is 0. The normalized spacial score (nSPS) is 11.2. The average Bonchev–Trinajstić information content (AvgIpc) is 0.722. The zero-order valence-corrected chi connectivity index (χ0v) is 84.8. The highest BCUT2D eigenvalue weighted by Crippen LogP contribution is 2.49. The fourth-order valence-electron chi connectivity index (χ4n) is 23.5. The zero-order chi connectivity index (χ0) is 100.